The van der Waals surface area contributed by atoms with Crippen molar-refractivity contribution in [1.82, 2.24) is 5.32 Å². The van der Waals surface area contributed by atoms with E-state index in [-0.39, 0.29) is 6.29 Å². The highest BCUT2D eigenvalue weighted by atomic mass is 16.7. The fourth-order valence-corrected chi connectivity index (χ4v) is 1.67. The molecule has 0 aliphatic carbocycles. The minimum absolute atomic E-state index is 0.168. The lowest BCUT2D eigenvalue weighted by Gasteiger charge is -2.22. The van der Waals surface area contributed by atoms with Crippen molar-refractivity contribution < 1.29 is 14.2 Å². The van der Waals surface area contributed by atoms with E-state index in [1.165, 1.54) is 6.42 Å². The molecule has 14 heavy (non-hydrogen) atoms. The van der Waals surface area contributed by atoms with Gasteiger partial charge in [0, 0.05) is 33.4 Å². The van der Waals surface area contributed by atoms with Crippen LogP contribution in [0.25, 0.3) is 0 Å². The average Bonchev–Trinajstić information content (AvgIpc) is 2.72. The molecular formula is C10H21NO3. The Bertz CT molecular complexity index is 144. The minimum Gasteiger partial charge on any atom is -0.377 e. The molecule has 2 atom stereocenters. The summed E-state index contributed by atoms with van der Waals surface area (Å²) in [6, 6.07) is 0.366. The van der Waals surface area contributed by atoms with Gasteiger partial charge in [0.05, 0.1) is 6.10 Å². The van der Waals surface area contributed by atoms with E-state index in [0.717, 1.165) is 13.0 Å². The zero-order valence-electron chi connectivity index (χ0n) is 9.29. The Hall–Kier alpha value is -0.160. The van der Waals surface area contributed by atoms with Crippen LogP contribution in [0.15, 0.2) is 0 Å². The van der Waals surface area contributed by atoms with Crippen molar-refractivity contribution in [2.24, 2.45) is 0 Å². The van der Waals surface area contributed by atoms with Gasteiger partial charge in [-0.1, -0.05) is 0 Å². The first-order valence-electron chi connectivity index (χ1n) is 5.18. The lowest BCUT2D eigenvalue weighted by atomic mass is 10.1. The van der Waals surface area contributed by atoms with Gasteiger partial charge in [-0.15, -0.1) is 0 Å². The van der Waals surface area contributed by atoms with E-state index in [9.17, 15) is 0 Å². The topological polar surface area (TPSA) is 39.7 Å². The first kappa shape index (κ1) is 11.9. The fourth-order valence-electron chi connectivity index (χ4n) is 1.67. The molecule has 1 fully saturated rings. The molecule has 84 valence electrons. The van der Waals surface area contributed by atoms with Gasteiger partial charge in [0.2, 0.25) is 0 Å². The molecule has 0 aromatic heterocycles. The number of hydrogen-bond donors (Lipinski definition) is 1. The van der Waals surface area contributed by atoms with Crippen LogP contribution in [0, 0.1) is 0 Å². The van der Waals surface area contributed by atoms with Crippen molar-refractivity contribution in [3.63, 3.8) is 0 Å². The normalized spacial score (nSPS) is 24.4. The van der Waals surface area contributed by atoms with Crippen LogP contribution in [0.2, 0.25) is 0 Å². The summed E-state index contributed by atoms with van der Waals surface area (Å²) in [5.74, 6) is 0. The molecule has 4 heteroatoms. The Morgan fingerprint density at radius 2 is 2.14 bits per heavy atom. The number of rotatable bonds is 6. The molecule has 1 rings (SSSR count). The summed E-state index contributed by atoms with van der Waals surface area (Å²) in [7, 11) is 3.29. The van der Waals surface area contributed by atoms with Crippen molar-refractivity contribution >= 4 is 0 Å². The van der Waals surface area contributed by atoms with Gasteiger partial charge in [0.25, 0.3) is 0 Å². The summed E-state index contributed by atoms with van der Waals surface area (Å²) in [6.45, 7) is 3.74. The van der Waals surface area contributed by atoms with Crippen LogP contribution in [0.5, 0.6) is 0 Å². The van der Waals surface area contributed by atoms with Gasteiger partial charge in [-0.3, -0.25) is 0 Å². The van der Waals surface area contributed by atoms with E-state index in [4.69, 9.17) is 14.2 Å². The van der Waals surface area contributed by atoms with Crippen LogP contribution >= 0.6 is 0 Å². The zero-order valence-corrected chi connectivity index (χ0v) is 9.29. The van der Waals surface area contributed by atoms with E-state index < -0.39 is 0 Å². The molecule has 0 amide bonds. The number of ether oxygens (including phenoxy) is 3. The molecule has 1 N–H and O–H groups in total. The quantitative estimate of drug-likeness (QED) is 0.647. The van der Waals surface area contributed by atoms with E-state index in [1.807, 2.05) is 0 Å². The van der Waals surface area contributed by atoms with Crippen molar-refractivity contribution in [2.75, 3.05) is 27.4 Å². The molecule has 1 aliphatic heterocycles. The summed E-state index contributed by atoms with van der Waals surface area (Å²) in [5.41, 5.74) is 0. The molecule has 0 bridgehead atoms. The van der Waals surface area contributed by atoms with Crippen molar-refractivity contribution in [2.45, 2.75) is 38.2 Å². The summed E-state index contributed by atoms with van der Waals surface area (Å²) < 4.78 is 15.7. The highest BCUT2D eigenvalue weighted by Crippen LogP contribution is 2.15. The van der Waals surface area contributed by atoms with Gasteiger partial charge in [0.1, 0.15) is 0 Å². The first-order chi connectivity index (χ1) is 6.77. The summed E-state index contributed by atoms with van der Waals surface area (Å²) in [5, 5.41) is 3.35. The molecule has 4 nitrogen and oxygen atoms in total. The molecule has 1 heterocycles. The number of hydrogen-bond acceptors (Lipinski definition) is 4. The third-order valence-corrected chi connectivity index (χ3v) is 2.65. The van der Waals surface area contributed by atoms with Gasteiger partial charge in [0.15, 0.2) is 6.29 Å². The highest BCUT2D eigenvalue weighted by molar-refractivity contribution is 4.76. The van der Waals surface area contributed by atoms with Crippen molar-refractivity contribution in [3.05, 3.63) is 0 Å². The number of nitrogens with one attached hydrogen (secondary N) is 1. The first-order valence-corrected chi connectivity index (χ1v) is 5.18. The maximum atomic E-state index is 5.57. The van der Waals surface area contributed by atoms with E-state index in [1.54, 1.807) is 14.2 Å². The predicted molar refractivity (Wildman–Crippen MR) is 54.2 cm³/mol. The largest absolute Gasteiger partial charge is 0.377 e. The predicted octanol–water partition coefficient (Wildman–Crippen LogP) is 0.762. The number of methoxy groups -OCH3 is 2. The van der Waals surface area contributed by atoms with Crippen LogP contribution in [0.1, 0.15) is 19.8 Å². The van der Waals surface area contributed by atoms with E-state index in [2.05, 4.69) is 12.2 Å². The van der Waals surface area contributed by atoms with Gasteiger partial charge < -0.3 is 19.5 Å². The maximum absolute atomic E-state index is 5.57. The lowest BCUT2D eigenvalue weighted by molar-refractivity contribution is -0.101. The third kappa shape index (κ3) is 3.53. The van der Waals surface area contributed by atoms with Crippen LogP contribution in [0.3, 0.4) is 0 Å². The SMILES string of the molecule is COC(CNC(C)C1CCCO1)OC. The van der Waals surface area contributed by atoms with Crippen LogP contribution in [-0.4, -0.2) is 45.8 Å². The second-order valence-corrected chi connectivity index (χ2v) is 3.65. The van der Waals surface area contributed by atoms with Gasteiger partial charge in [-0.25, -0.2) is 0 Å². The molecule has 1 aliphatic rings. The lowest BCUT2D eigenvalue weighted by Crippen LogP contribution is -2.41. The van der Waals surface area contributed by atoms with E-state index >= 15 is 0 Å². The Kier molecular flexibility index (Phi) is 5.40. The Balaban J connectivity index is 2.15. The van der Waals surface area contributed by atoms with Crippen LogP contribution in [-0.2, 0) is 14.2 Å². The molecule has 0 aromatic carbocycles. The third-order valence-electron chi connectivity index (χ3n) is 2.65. The van der Waals surface area contributed by atoms with Crippen molar-refractivity contribution in [3.8, 4) is 0 Å². The van der Waals surface area contributed by atoms with Crippen LogP contribution < -0.4 is 5.32 Å². The summed E-state index contributed by atoms with van der Waals surface area (Å²) in [6.07, 6.45) is 2.51. The van der Waals surface area contributed by atoms with Crippen molar-refractivity contribution in [1.29, 1.82) is 0 Å². The molecule has 0 radical (unpaired) electrons. The Morgan fingerprint density at radius 3 is 2.64 bits per heavy atom. The second kappa shape index (κ2) is 6.35. The van der Waals surface area contributed by atoms with Crippen LogP contribution in [0.4, 0.5) is 0 Å². The Labute approximate surface area is 85.9 Å². The monoisotopic (exact) mass is 203 g/mol. The minimum atomic E-state index is -0.168. The Morgan fingerprint density at radius 1 is 1.43 bits per heavy atom. The van der Waals surface area contributed by atoms with Gasteiger partial charge in [-0.05, 0) is 19.8 Å². The summed E-state index contributed by atoms with van der Waals surface area (Å²) >= 11 is 0. The molecule has 0 aromatic rings. The molecule has 0 spiro atoms. The second-order valence-electron chi connectivity index (χ2n) is 3.65. The highest BCUT2D eigenvalue weighted by Gasteiger charge is 2.22. The maximum Gasteiger partial charge on any atom is 0.169 e. The van der Waals surface area contributed by atoms with E-state index in [0.29, 0.717) is 18.7 Å². The van der Waals surface area contributed by atoms with Gasteiger partial charge in [-0.2, -0.15) is 0 Å². The molecular weight excluding hydrogens is 182 g/mol. The standard InChI is InChI=1S/C10H21NO3/c1-8(9-5-4-6-14-9)11-7-10(12-2)13-3/h8-11H,4-7H2,1-3H3. The molecule has 0 saturated carbocycles. The average molecular weight is 203 g/mol. The molecule has 1 saturated heterocycles. The van der Waals surface area contributed by atoms with Gasteiger partial charge >= 0.3 is 0 Å². The smallest absolute Gasteiger partial charge is 0.169 e. The zero-order chi connectivity index (χ0) is 10.4. The molecule has 2 unspecified atom stereocenters. The fraction of sp³-hybridized carbons (Fsp3) is 1.00. The summed E-state index contributed by atoms with van der Waals surface area (Å²) in [4.78, 5) is 0.